The molecular weight excluding hydrogens is 298 g/mol. The number of carbonyl (C=O) groups excluding carboxylic acids is 1. The van der Waals surface area contributed by atoms with Gasteiger partial charge in [-0.1, -0.05) is 13.3 Å². The van der Waals surface area contributed by atoms with Gasteiger partial charge in [-0.15, -0.1) is 0 Å². The Kier molecular flexibility index (Phi) is 4.67. The summed E-state index contributed by atoms with van der Waals surface area (Å²) in [6.45, 7) is 1.74. The van der Waals surface area contributed by atoms with Crippen LogP contribution in [0.4, 0.5) is 0 Å². The number of hydrogen-bond donors (Lipinski definition) is 0. The summed E-state index contributed by atoms with van der Waals surface area (Å²) in [5, 5.41) is 0. The predicted octanol–water partition coefficient (Wildman–Crippen LogP) is 1.87. The lowest BCUT2D eigenvalue weighted by Gasteiger charge is -2.13. The van der Waals surface area contributed by atoms with Gasteiger partial charge < -0.3 is 9.15 Å². The van der Waals surface area contributed by atoms with E-state index < -0.39 is 15.7 Å². The molecule has 0 atom stereocenters. The van der Waals surface area contributed by atoms with E-state index in [1.165, 1.54) is 6.26 Å². The summed E-state index contributed by atoms with van der Waals surface area (Å²) in [4.78, 5) is 15.9. The van der Waals surface area contributed by atoms with Crippen LogP contribution < -0.4 is 0 Å². The summed E-state index contributed by atoms with van der Waals surface area (Å²) in [5.74, 6) is -0.0995. The molecule has 1 heterocycles. The molecule has 0 unspecified atom stereocenters. The van der Waals surface area contributed by atoms with E-state index in [1.54, 1.807) is 0 Å². The van der Waals surface area contributed by atoms with Gasteiger partial charge in [-0.25, -0.2) is 4.98 Å². The van der Waals surface area contributed by atoms with Crippen molar-refractivity contribution in [2.75, 3.05) is 6.26 Å². The SMILES string of the molecule is CCCCC(=O)OC1(c2coc(COS(C)(=O)=O)n2)CC1. The second-order valence-electron chi connectivity index (χ2n) is 5.16. The van der Waals surface area contributed by atoms with Gasteiger partial charge in [-0.05, 0) is 19.3 Å². The summed E-state index contributed by atoms with van der Waals surface area (Å²) >= 11 is 0. The van der Waals surface area contributed by atoms with Gasteiger partial charge in [0.05, 0.1) is 6.26 Å². The van der Waals surface area contributed by atoms with Crippen LogP contribution >= 0.6 is 0 Å². The Bertz CT molecular complexity index is 602. The van der Waals surface area contributed by atoms with Crippen LogP contribution in [0.15, 0.2) is 10.7 Å². The van der Waals surface area contributed by atoms with Crippen molar-refractivity contribution in [1.82, 2.24) is 4.98 Å². The van der Waals surface area contributed by atoms with Gasteiger partial charge in [0.2, 0.25) is 5.89 Å². The number of hydrogen-bond acceptors (Lipinski definition) is 7. The van der Waals surface area contributed by atoms with Crippen molar-refractivity contribution in [2.45, 2.75) is 51.2 Å². The summed E-state index contributed by atoms with van der Waals surface area (Å²) < 4.78 is 37.0. The number of nitrogens with zero attached hydrogens (tertiary/aromatic N) is 1. The quantitative estimate of drug-likeness (QED) is 0.533. The molecule has 0 aliphatic heterocycles. The zero-order valence-electron chi connectivity index (χ0n) is 12.1. The normalized spacial score (nSPS) is 16.7. The van der Waals surface area contributed by atoms with Gasteiger partial charge in [0.15, 0.2) is 5.60 Å². The van der Waals surface area contributed by atoms with E-state index in [2.05, 4.69) is 9.17 Å². The topological polar surface area (TPSA) is 95.7 Å². The Hall–Kier alpha value is -1.41. The van der Waals surface area contributed by atoms with Crippen molar-refractivity contribution in [2.24, 2.45) is 0 Å². The van der Waals surface area contributed by atoms with Crippen LogP contribution in [0.1, 0.15) is 50.6 Å². The third kappa shape index (κ3) is 4.53. The predicted molar refractivity (Wildman–Crippen MR) is 72.7 cm³/mol. The molecule has 0 spiro atoms. The summed E-state index contributed by atoms with van der Waals surface area (Å²) in [6, 6.07) is 0. The average Bonchev–Trinajstić information content (AvgIpc) is 3.01. The lowest BCUT2D eigenvalue weighted by molar-refractivity contribution is -0.152. The maximum absolute atomic E-state index is 11.7. The van der Waals surface area contributed by atoms with E-state index in [4.69, 9.17) is 9.15 Å². The van der Waals surface area contributed by atoms with Crippen molar-refractivity contribution in [3.8, 4) is 0 Å². The van der Waals surface area contributed by atoms with Crippen molar-refractivity contribution in [3.63, 3.8) is 0 Å². The summed E-state index contributed by atoms with van der Waals surface area (Å²) in [5.41, 5.74) is -0.183. The second-order valence-corrected chi connectivity index (χ2v) is 6.81. The maximum atomic E-state index is 11.7. The molecule has 118 valence electrons. The molecule has 0 radical (unpaired) electrons. The van der Waals surface area contributed by atoms with Crippen LogP contribution in [0.3, 0.4) is 0 Å². The molecule has 7 nitrogen and oxygen atoms in total. The highest BCUT2D eigenvalue weighted by atomic mass is 32.2. The minimum Gasteiger partial charge on any atom is -0.452 e. The minimum atomic E-state index is -3.55. The van der Waals surface area contributed by atoms with Gasteiger partial charge in [-0.2, -0.15) is 8.42 Å². The van der Waals surface area contributed by atoms with Crippen LogP contribution in [0.5, 0.6) is 0 Å². The molecule has 0 N–H and O–H groups in total. The van der Waals surface area contributed by atoms with Crippen molar-refractivity contribution in [3.05, 3.63) is 17.8 Å². The fraction of sp³-hybridized carbons (Fsp3) is 0.692. The number of rotatable bonds is 8. The smallest absolute Gasteiger partial charge is 0.306 e. The van der Waals surface area contributed by atoms with Gasteiger partial charge in [-0.3, -0.25) is 8.98 Å². The van der Waals surface area contributed by atoms with E-state index in [1.807, 2.05) is 6.92 Å². The van der Waals surface area contributed by atoms with Crippen molar-refractivity contribution in [1.29, 1.82) is 0 Å². The third-order valence-electron chi connectivity index (χ3n) is 3.16. The minimum absolute atomic E-state index is 0.145. The van der Waals surface area contributed by atoms with Gasteiger partial charge >= 0.3 is 5.97 Å². The van der Waals surface area contributed by atoms with Gasteiger partial charge in [0.25, 0.3) is 10.1 Å². The first kappa shape index (κ1) is 16.0. The van der Waals surface area contributed by atoms with E-state index in [0.29, 0.717) is 25.0 Å². The van der Waals surface area contributed by atoms with Gasteiger partial charge in [0.1, 0.15) is 18.6 Å². The van der Waals surface area contributed by atoms with Crippen molar-refractivity contribution >= 4 is 16.1 Å². The first-order chi connectivity index (χ1) is 9.85. The molecule has 1 saturated carbocycles. The fourth-order valence-corrected chi connectivity index (χ4v) is 2.17. The molecule has 0 bridgehead atoms. The number of carbonyl (C=O) groups is 1. The standard InChI is InChI=1S/C13H19NO6S/c1-3-4-5-12(15)20-13(6-7-13)10-8-18-11(14-10)9-19-21(2,16)17/h8H,3-7,9H2,1-2H3. The molecule has 21 heavy (non-hydrogen) atoms. The zero-order chi connectivity index (χ0) is 15.5. The van der Waals surface area contributed by atoms with Gasteiger partial charge in [0, 0.05) is 6.42 Å². The van der Waals surface area contributed by atoms with Crippen LogP contribution in [0, 0.1) is 0 Å². The number of aromatic nitrogens is 1. The summed E-state index contributed by atoms with van der Waals surface area (Å²) in [6.07, 6.45) is 5.85. The Labute approximate surface area is 123 Å². The van der Waals surface area contributed by atoms with Crippen LogP contribution in [-0.4, -0.2) is 25.6 Å². The molecule has 1 fully saturated rings. The van der Waals surface area contributed by atoms with E-state index in [-0.39, 0.29) is 18.5 Å². The molecule has 2 rings (SSSR count). The van der Waals surface area contributed by atoms with Crippen LogP contribution in [-0.2, 0) is 36.0 Å². The molecule has 8 heteroatoms. The molecule has 1 aliphatic rings. The first-order valence-corrected chi connectivity index (χ1v) is 8.67. The Morgan fingerprint density at radius 1 is 1.48 bits per heavy atom. The Morgan fingerprint density at radius 2 is 2.19 bits per heavy atom. The maximum Gasteiger partial charge on any atom is 0.306 e. The number of oxazole rings is 1. The highest BCUT2D eigenvalue weighted by molar-refractivity contribution is 7.85. The number of esters is 1. The fourth-order valence-electron chi connectivity index (χ4n) is 1.86. The summed E-state index contributed by atoms with van der Waals surface area (Å²) in [7, 11) is -3.55. The molecule has 1 aliphatic carbocycles. The highest BCUT2D eigenvalue weighted by Crippen LogP contribution is 2.49. The number of unbranched alkanes of at least 4 members (excludes halogenated alkanes) is 1. The van der Waals surface area contributed by atoms with E-state index >= 15 is 0 Å². The Balaban J connectivity index is 1.95. The van der Waals surface area contributed by atoms with Crippen LogP contribution in [0.25, 0.3) is 0 Å². The first-order valence-electron chi connectivity index (χ1n) is 6.86. The average molecular weight is 317 g/mol. The van der Waals surface area contributed by atoms with E-state index in [9.17, 15) is 13.2 Å². The molecule has 1 aromatic rings. The van der Waals surface area contributed by atoms with Crippen molar-refractivity contribution < 1.29 is 26.5 Å². The molecule has 1 aromatic heterocycles. The molecule has 0 amide bonds. The molecular formula is C13H19NO6S. The monoisotopic (exact) mass is 317 g/mol. The van der Waals surface area contributed by atoms with E-state index in [0.717, 1.165) is 19.1 Å². The number of ether oxygens (including phenoxy) is 1. The lowest BCUT2D eigenvalue weighted by atomic mass is 10.2. The highest BCUT2D eigenvalue weighted by Gasteiger charge is 2.51. The molecule has 0 saturated heterocycles. The lowest BCUT2D eigenvalue weighted by Crippen LogP contribution is -2.18. The Morgan fingerprint density at radius 3 is 2.76 bits per heavy atom. The second kappa shape index (κ2) is 6.15. The largest absolute Gasteiger partial charge is 0.452 e. The zero-order valence-corrected chi connectivity index (χ0v) is 12.9. The molecule has 0 aromatic carbocycles. The van der Waals surface area contributed by atoms with Crippen LogP contribution in [0.2, 0.25) is 0 Å². The third-order valence-corrected chi connectivity index (χ3v) is 3.71.